The molecule has 0 amide bonds. The van der Waals surface area contributed by atoms with E-state index in [-0.39, 0.29) is 11.9 Å². The molecule has 3 aliphatic rings. The van der Waals surface area contributed by atoms with Crippen LogP contribution in [-0.2, 0) is 22.9 Å². The average Bonchev–Trinajstić information content (AvgIpc) is 3.36. The number of likely N-dealkylation sites (tertiary alicyclic amines) is 1. The molecule has 1 aliphatic heterocycles. The molecule has 3 fully saturated rings. The van der Waals surface area contributed by atoms with Gasteiger partial charge in [0.1, 0.15) is 0 Å². The van der Waals surface area contributed by atoms with Crippen LogP contribution in [0.4, 0.5) is 0 Å². The molecule has 1 saturated heterocycles. The summed E-state index contributed by atoms with van der Waals surface area (Å²) in [6.45, 7) is 3.23. The monoisotopic (exact) mass is 395 g/mol. The van der Waals surface area contributed by atoms with Gasteiger partial charge in [0.05, 0.1) is 23.7 Å². The lowest BCUT2D eigenvalue weighted by Crippen LogP contribution is -2.36. The Morgan fingerprint density at radius 3 is 2.37 bits per heavy atom. The number of imidazole rings is 1. The molecule has 0 bridgehead atoms. The molecule has 4 rings (SSSR count). The van der Waals surface area contributed by atoms with Crippen LogP contribution in [-0.4, -0.2) is 52.9 Å². The van der Waals surface area contributed by atoms with Crippen LogP contribution in [0.3, 0.4) is 0 Å². The van der Waals surface area contributed by atoms with Crippen molar-refractivity contribution in [1.82, 2.24) is 14.5 Å². The number of hydrogen-bond donors (Lipinski definition) is 1. The minimum atomic E-state index is -3.31. The molecule has 2 aliphatic carbocycles. The number of nitrogens with zero attached hydrogens (tertiary/aromatic N) is 3. The zero-order valence-electron chi connectivity index (χ0n) is 16.2. The van der Waals surface area contributed by atoms with E-state index in [1.807, 2.05) is 4.57 Å². The summed E-state index contributed by atoms with van der Waals surface area (Å²) in [5.41, 5.74) is 1.02. The molecule has 1 N–H and O–H groups in total. The number of rotatable bonds is 7. The van der Waals surface area contributed by atoms with Gasteiger partial charge < -0.3 is 9.67 Å². The summed E-state index contributed by atoms with van der Waals surface area (Å²) >= 11 is 0. The maximum absolute atomic E-state index is 13.0. The third kappa shape index (κ3) is 4.93. The summed E-state index contributed by atoms with van der Waals surface area (Å²) in [5.74, 6) is 1.15. The van der Waals surface area contributed by atoms with E-state index in [2.05, 4.69) is 9.88 Å². The van der Waals surface area contributed by atoms with Gasteiger partial charge in [-0.05, 0) is 50.4 Å². The first kappa shape index (κ1) is 19.4. The van der Waals surface area contributed by atoms with Crippen molar-refractivity contribution in [1.29, 1.82) is 0 Å². The van der Waals surface area contributed by atoms with E-state index in [0.29, 0.717) is 17.0 Å². The Kier molecular flexibility index (Phi) is 5.90. The summed E-state index contributed by atoms with van der Waals surface area (Å²) in [6, 6.07) is 0. The average molecular weight is 396 g/mol. The van der Waals surface area contributed by atoms with Crippen LogP contribution in [0.2, 0.25) is 0 Å². The Morgan fingerprint density at radius 1 is 1.00 bits per heavy atom. The van der Waals surface area contributed by atoms with E-state index in [0.717, 1.165) is 57.6 Å². The van der Waals surface area contributed by atoms with E-state index in [1.54, 1.807) is 6.20 Å². The van der Waals surface area contributed by atoms with Gasteiger partial charge in [0, 0.05) is 26.2 Å². The number of piperidine rings is 1. The highest BCUT2D eigenvalue weighted by atomic mass is 32.2. The van der Waals surface area contributed by atoms with Crippen molar-refractivity contribution in [2.75, 3.05) is 18.8 Å². The maximum Gasteiger partial charge on any atom is 0.227 e. The topological polar surface area (TPSA) is 75.4 Å². The van der Waals surface area contributed by atoms with Crippen LogP contribution >= 0.6 is 0 Å². The van der Waals surface area contributed by atoms with Crippen LogP contribution in [0.1, 0.15) is 63.5 Å². The lowest BCUT2D eigenvalue weighted by molar-refractivity contribution is 0.0778. The van der Waals surface area contributed by atoms with Crippen molar-refractivity contribution in [3.8, 4) is 0 Å². The highest BCUT2D eigenvalue weighted by Crippen LogP contribution is 2.33. The zero-order chi connectivity index (χ0) is 18.9. The Morgan fingerprint density at radius 2 is 1.70 bits per heavy atom. The van der Waals surface area contributed by atoms with Crippen LogP contribution in [0.15, 0.2) is 11.4 Å². The molecule has 1 aromatic rings. The lowest BCUT2D eigenvalue weighted by atomic mass is 9.89. The molecule has 2 saturated carbocycles. The predicted octanol–water partition coefficient (Wildman–Crippen LogP) is 2.60. The molecule has 152 valence electrons. The van der Waals surface area contributed by atoms with E-state index in [9.17, 15) is 13.5 Å². The Balaban J connectivity index is 1.55. The van der Waals surface area contributed by atoms with Gasteiger partial charge in [0.2, 0.25) is 15.0 Å². The van der Waals surface area contributed by atoms with Gasteiger partial charge in [-0.1, -0.05) is 19.3 Å². The van der Waals surface area contributed by atoms with Crippen molar-refractivity contribution in [2.24, 2.45) is 11.8 Å². The van der Waals surface area contributed by atoms with Crippen LogP contribution in [0.25, 0.3) is 0 Å². The van der Waals surface area contributed by atoms with Gasteiger partial charge >= 0.3 is 0 Å². The Bertz CT molecular complexity index is 728. The molecular formula is C20H33N3O3S. The number of aromatic nitrogens is 2. The third-order valence-electron chi connectivity index (χ3n) is 6.44. The second kappa shape index (κ2) is 8.21. The smallest absolute Gasteiger partial charge is 0.227 e. The van der Waals surface area contributed by atoms with Crippen LogP contribution in [0, 0.1) is 11.8 Å². The second-order valence-corrected chi connectivity index (χ2v) is 10.8. The minimum Gasteiger partial charge on any atom is -0.393 e. The van der Waals surface area contributed by atoms with Gasteiger partial charge in [0.25, 0.3) is 0 Å². The van der Waals surface area contributed by atoms with E-state index < -0.39 is 9.84 Å². The quantitative estimate of drug-likeness (QED) is 0.768. The molecule has 1 aromatic heterocycles. The van der Waals surface area contributed by atoms with Gasteiger partial charge in [0.15, 0.2) is 0 Å². The lowest BCUT2D eigenvalue weighted by Gasteiger charge is -2.30. The van der Waals surface area contributed by atoms with Crippen LogP contribution < -0.4 is 0 Å². The van der Waals surface area contributed by atoms with Crippen molar-refractivity contribution in [3.63, 3.8) is 0 Å². The van der Waals surface area contributed by atoms with E-state index >= 15 is 0 Å². The van der Waals surface area contributed by atoms with Gasteiger partial charge in [-0.2, -0.15) is 0 Å². The summed E-state index contributed by atoms with van der Waals surface area (Å²) < 4.78 is 28.0. The first-order valence-electron chi connectivity index (χ1n) is 10.7. The Labute approximate surface area is 162 Å². The maximum atomic E-state index is 13.0. The number of aliphatic hydroxyl groups is 1. The molecule has 0 radical (unpaired) electrons. The first-order valence-corrected chi connectivity index (χ1v) is 12.3. The standard InChI is InChI=1S/C20H33N3O3S/c24-19-8-10-22(11-9-19)14-18-12-21-20(27(25,26)15-17-6-7-17)23(18)13-16-4-2-1-3-5-16/h12,16-17,19,24H,1-11,13-15H2. The summed E-state index contributed by atoms with van der Waals surface area (Å²) in [7, 11) is -3.31. The molecule has 2 heterocycles. The normalized spacial score (nSPS) is 23.7. The van der Waals surface area contributed by atoms with Crippen molar-refractivity contribution in [3.05, 3.63) is 11.9 Å². The van der Waals surface area contributed by atoms with Gasteiger partial charge in [-0.3, -0.25) is 4.90 Å². The summed E-state index contributed by atoms with van der Waals surface area (Å²) in [5, 5.41) is 10.0. The molecule has 7 heteroatoms. The first-order chi connectivity index (χ1) is 13.0. The molecule has 0 unspecified atom stereocenters. The highest BCUT2D eigenvalue weighted by molar-refractivity contribution is 7.91. The molecule has 6 nitrogen and oxygen atoms in total. The number of hydrogen-bond acceptors (Lipinski definition) is 5. The fourth-order valence-electron chi connectivity index (χ4n) is 4.57. The van der Waals surface area contributed by atoms with Crippen LogP contribution in [0.5, 0.6) is 0 Å². The number of sulfone groups is 1. The molecule has 27 heavy (non-hydrogen) atoms. The van der Waals surface area contributed by atoms with Crippen molar-refractivity contribution < 1.29 is 13.5 Å². The molecule has 0 spiro atoms. The molecular weight excluding hydrogens is 362 g/mol. The van der Waals surface area contributed by atoms with E-state index in [1.165, 1.54) is 32.1 Å². The molecule has 0 aromatic carbocycles. The van der Waals surface area contributed by atoms with Crippen molar-refractivity contribution >= 4 is 9.84 Å². The third-order valence-corrected chi connectivity index (χ3v) is 8.23. The zero-order valence-corrected chi connectivity index (χ0v) is 17.0. The fourth-order valence-corrected chi connectivity index (χ4v) is 6.41. The SMILES string of the molecule is O=S(=O)(CC1CC1)c1ncc(CN2CCC(O)CC2)n1CC1CCCCC1. The predicted molar refractivity (Wildman–Crippen MR) is 104 cm³/mol. The number of aliphatic hydroxyl groups excluding tert-OH is 1. The second-order valence-electron chi connectivity index (χ2n) is 8.88. The highest BCUT2D eigenvalue weighted by Gasteiger charge is 2.33. The Hall–Kier alpha value is -0.920. The minimum absolute atomic E-state index is 0.192. The fraction of sp³-hybridized carbons (Fsp3) is 0.850. The van der Waals surface area contributed by atoms with Crippen molar-refractivity contribution in [2.45, 2.75) is 82.1 Å². The molecule has 0 atom stereocenters. The van der Waals surface area contributed by atoms with E-state index in [4.69, 9.17) is 0 Å². The largest absolute Gasteiger partial charge is 0.393 e. The van der Waals surface area contributed by atoms with Gasteiger partial charge in [-0.25, -0.2) is 13.4 Å². The van der Waals surface area contributed by atoms with Gasteiger partial charge in [-0.15, -0.1) is 0 Å². The summed E-state index contributed by atoms with van der Waals surface area (Å²) in [6.07, 6.45) is 11.4. The summed E-state index contributed by atoms with van der Waals surface area (Å²) in [4.78, 5) is 6.73.